The zero-order valence-corrected chi connectivity index (χ0v) is 16.5. The van der Waals surface area contributed by atoms with Gasteiger partial charge in [-0.3, -0.25) is 0 Å². The minimum absolute atomic E-state index is 0. The van der Waals surface area contributed by atoms with Crippen LogP contribution in [0.1, 0.15) is 11.1 Å². The van der Waals surface area contributed by atoms with Gasteiger partial charge in [0, 0.05) is 19.5 Å². The second-order valence-corrected chi connectivity index (χ2v) is 6.06. The molecule has 0 aromatic heterocycles. The minimum atomic E-state index is -1.84. The van der Waals surface area contributed by atoms with Crippen molar-refractivity contribution in [2.24, 2.45) is 0 Å². The Kier molecular flexibility index (Phi) is 9.74. The summed E-state index contributed by atoms with van der Waals surface area (Å²) in [5.74, 6) is 0. The molecule has 0 aliphatic heterocycles. The van der Waals surface area contributed by atoms with Gasteiger partial charge in [-0.1, -0.05) is 35.4 Å². The summed E-state index contributed by atoms with van der Waals surface area (Å²) in [6, 6.07) is 13.8. The number of benzene rings is 2. The predicted octanol–water partition coefficient (Wildman–Crippen LogP) is 3.15. The van der Waals surface area contributed by atoms with Crippen molar-refractivity contribution in [3.8, 4) is 0 Å². The predicted molar refractivity (Wildman–Crippen MR) is 80.4 cm³/mol. The summed E-state index contributed by atoms with van der Waals surface area (Å²) in [6.45, 7) is 3.87. The van der Waals surface area contributed by atoms with E-state index in [9.17, 15) is 8.42 Å². The number of hydrogen-bond acceptors (Lipinski definition) is 2. The van der Waals surface area contributed by atoms with Crippen molar-refractivity contribution < 1.29 is 37.0 Å². The Bertz CT molecular complexity index is 542. The third-order valence-corrected chi connectivity index (χ3v) is 3.80. The van der Waals surface area contributed by atoms with E-state index >= 15 is 0 Å². The van der Waals surface area contributed by atoms with Crippen molar-refractivity contribution in [3.05, 3.63) is 59.7 Å². The Hall–Kier alpha value is -0.717. The zero-order valence-electron chi connectivity index (χ0n) is 11.9. The number of aryl methyl sites for hydroxylation is 2. The van der Waals surface area contributed by atoms with Crippen LogP contribution in [0.25, 0.3) is 0 Å². The molecule has 0 fully saturated rings. The van der Waals surface area contributed by atoms with Gasteiger partial charge in [0.1, 0.15) is 0 Å². The van der Waals surface area contributed by atoms with Gasteiger partial charge in [-0.05, 0) is 38.1 Å². The molecule has 0 amide bonds. The van der Waals surface area contributed by atoms with Gasteiger partial charge in [-0.25, -0.2) is 8.42 Å². The molecule has 2 aromatic rings. The molecule has 0 heterocycles. The fraction of sp³-hybridized carbons (Fsp3) is 0.143. The molecule has 2 N–H and O–H groups in total. The molecule has 2 aromatic carbocycles. The van der Waals surface area contributed by atoms with Gasteiger partial charge in [0.05, 0.1) is 9.79 Å². The van der Waals surface area contributed by atoms with Gasteiger partial charge in [-0.2, -0.15) is 0 Å². The van der Waals surface area contributed by atoms with Gasteiger partial charge in [0.15, 0.2) is 22.2 Å². The van der Waals surface area contributed by atoms with Crippen LogP contribution < -0.4 is 0 Å². The van der Waals surface area contributed by atoms with Crippen LogP contribution in [0.2, 0.25) is 0 Å². The maximum absolute atomic E-state index is 10.4. The van der Waals surface area contributed by atoms with Gasteiger partial charge < -0.3 is 9.11 Å². The van der Waals surface area contributed by atoms with Crippen molar-refractivity contribution in [3.63, 3.8) is 0 Å². The fourth-order valence-electron chi connectivity index (χ4n) is 1.31. The van der Waals surface area contributed by atoms with Gasteiger partial charge in [-0.15, -0.1) is 0 Å². The van der Waals surface area contributed by atoms with Crippen LogP contribution in [0, 0.1) is 13.8 Å². The van der Waals surface area contributed by atoms with Crippen LogP contribution in [-0.2, 0) is 41.6 Å². The Morgan fingerprint density at radius 1 is 0.667 bits per heavy atom. The van der Waals surface area contributed by atoms with Gasteiger partial charge >= 0.3 is 0 Å². The Labute approximate surface area is 142 Å². The Morgan fingerprint density at radius 3 is 1.10 bits per heavy atom. The quantitative estimate of drug-likeness (QED) is 0.622. The molecule has 0 radical (unpaired) electrons. The van der Waals surface area contributed by atoms with E-state index in [-0.39, 0.29) is 19.5 Å². The Morgan fingerprint density at radius 2 is 0.905 bits per heavy atom. The molecule has 0 saturated heterocycles. The second-order valence-electron chi connectivity index (χ2n) is 4.12. The van der Waals surface area contributed by atoms with Crippen LogP contribution in [-0.4, -0.2) is 17.5 Å². The normalized spacial score (nSPS) is 12.4. The molecule has 0 aliphatic rings. The summed E-state index contributed by atoms with van der Waals surface area (Å²) in [5.41, 5.74) is 2.18. The summed E-state index contributed by atoms with van der Waals surface area (Å²) in [4.78, 5) is 0.899. The maximum Gasteiger partial charge on any atom is 0.186 e. The summed E-state index contributed by atoms with van der Waals surface area (Å²) in [5, 5.41) is 0. The molecule has 2 unspecified atom stereocenters. The number of hydrogen-bond donors (Lipinski definition) is 2. The molecule has 0 bridgehead atoms. The molecule has 0 saturated carbocycles. The van der Waals surface area contributed by atoms with Crippen LogP contribution in [0.15, 0.2) is 58.3 Å². The first kappa shape index (κ1) is 20.3. The fourth-order valence-corrected chi connectivity index (χ4v) is 2.05. The molecule has 2 atom stereocenters. The van der Waals surface area contributed by atoms with Crippen LogP contribution in [0.4, 0.5) is 0 Å². The van der Waals surface area contributed by atoms with E-state index in [2.05, 4.69) is 0 Å². The smallest absolute Gasteiger partial charge is 0.186 e. The second kappa shape index (κ2) is 10.1. The summed E-state index contributed by atoms with van der Waals surface area (Å²) < 4.78 is 38.0. The summed E-state index contributed by atoms with van der Waals surface area (Å²) in [7, 11) is 0. The largest absolute Gasteiger partial charge is 0.302 e. The first-order chi connectivity index (χ1) is 9.40. The van der Waals surface area contributed by atoms with E-state index in [0.29, 0.717) is 9.79 Å². The van der Waals surface area contributed by atoms with E-state index in [1.807, 2.05) is 38.1 Å². The van der Waals surface area contributed by atoms with E-state index in [0.717, 1.165) is 11.1 Å². The average molecular weight is 378 g/mol. The van der Waals surface area contributed by atoms with E-state index in [1.165, 1.54) is 0 Å². The van der Waals surface area contributed by atoms with Crippen LogP contribution >= 0.6 is 0 Å². The third kappa shape index (κ3) is 7.74. The molecule has 7 heteroatoms. The zero-order chi connectivity index (χ0) is 15.1. The third-order valence-electron chi connectivity index (χ3n) is 2.45. The molecule has 4 nitrogen and oxygen atoms in total. The molecule has 0 spiro atoms. The minimum Gasteiger partial charge on any atom is -0.302 e. The van der Waals surface area contributed by atoms with Crippen LogP contribution in [0.5, 0.6) is 0 Å². The molecule has 0 aliphatic carbocycles. The van der Waals surface area contributed by atoms with E-state index < -0.39 is 22.2 Å². The standard InChI is InChI=1S/2C7H8O2S.Zn/c2*1-6-2-4-7(5-3-6)10(8)9;/h2*2-5H,1H3,(H,8,9);. The molecular formula is C14H16O4S2Zn. The summed E-state index contributed by atoms with van der Waals surface area (Å²) >= 11 is -3.67. The van der Waals surface area contributed by atoms with Gasteiger partial charge in [0.2, 0.25) is 0 Å². The first-order valence-corrected chi connectivity index (χ1v) is 7.96. The molecule has 110 valence electrons. The Balaban J connectivity index is 0.000000364. The SMILES string of the molecule is Cc1ccc(S(=O)O)cc1.Cc1ccc(S(=O)O)cc1.[Zn]. The van der Waals surface area contributed by atoms with Crippen molar-refractivity contribution in [2.75, 3.05) is 0 Å². The van der Waals surface area contributed by atoms with E-state index in [4.69, 9.17) is 9.11 Å². The average Bonchev–Trinajstić information content (AvgIpc) is 2.40. The molecule has 2 rings (SSSR count). The molecule has 21 heavy (non-hydrogen) atoms. The van der Waals surface area contributed by atoms with E-state index in [1.54, 1.807) is 24.3 Å². The number of rotatable bonds is 2. The monoisotopic (exact) mass is 376 g/mol. The van der Waals surface area contributed by atoms with Crippen molar-refractivity contribution >= 4 is 22.2 Å². The van der Waals surface area contributed by atoms with Gasteiger partial charge in [0.25, 0.3) is 0 Å². The summed E-state index contributed by atoms with van der Waals surface area (Å²) in [6.07, 6.45) is 0. The van der Waals surface area contributed by atoms with Crippen LogP contribution in [0.3, 0.4) is 0 Å². The van der Waals surface area contributed by atoms with Crippen molar-refractivity contribution in [1.29, 1.82) is 0 Å². The van der Waals surface area contributed by atoms with Crippen molar-refractivity contribution in [2.45, 2.75) is 23.6 Å². The molecular weight excluding hydrogens is 362 g/mol. The maximum atomic E-state index is 10.4. The first-order valence-electron chi connectivity index (χ1n) is 5.75. The topological polar surface area (TPSA) is 74.6 Å². The van der Waals surface area contributed by atoms with Crippen molar-refractivity contribution in [1.82, 2.24) is 0 Å².